The minimum atomic E-state index is -0.282. The molecule has 0 bridgehead atoms. The van der Waals surface area contributed by atoms with Gasteiger partial charge in [-0.25, -0.2) is 4.68 Å². The summed E-state index contributed by atoms with van der Waals surface area (Å²) in [6.07, 6.45) is 0.693. The molecule has 26 heavy (non-hydrogen) atoms. The van der Waals surface area contributed by atoms with Crippen molar-refractivity contribution in [2.24, 2.45) is 5.92 Å². The average Bonchev–Trinajstić information content (AvgIpc) is 2.63. The van der Waals surface area contributed by atoms with E-state index in [1.54, 1.807) is 31.4 Å². The zero-order valence-electron chi connectivity index (χ0n) is 15.7. The third kappa shape index (κ3) is 5.37. The second-order valence-electron chi connectivity index (χ2n) is 6.49. The fourth-order valence-corrected chi connectivity index (χ4v) is 2.58. The van der Waals surface area contributed by atoms with E-state index in [0.29, 0.717) is 50.1 Å². The van der Waals surface area contributed by atoms with Crippen LogP contribution in [0.5, 0.6) is 0 Å². The first kappa shape index (κ1) is 20.1. The molecule has 1 heterocycles. The molecule has 142 valence electrons. The molecule has 7 heteroatoms. The smallest absolute Gasteiger partial charge is 0.274 e. The van der Waals surface area contributed by atoms with Gasteiger partial charge in [0.05, 0.1) is 18.6 Å². The van der Waals surface area contributed by atoms with Crippen molar-refractivity contribution < 1.29 is 14.3 Å². The van der Waals surface area contributed by atoms with Crippen molar-refractivity contribution in [1.29, 1.82) is 0 Å². The first-order valence-corrected chi connectivity index (χ1v) is 8.89. The van der Waals surface area contributed by atoms with Gasteiger partial charge in [0.25, 0.3) is 11.5 Å². The quantitative estimate of drug-likeness (QED) is 0.653. The Hall–Kier alpha value is -2.25. The Morgan fingerprint density at radius 2 is 1.92 bits per heavy atom. The van der Waals surface area contributed by atoms with E-state index in [-0.39, 0.29) is 23.1 Å². The molecule has 0 radical (unpaired) electrons. The van der Waals surface area contributed by atoms with Gasteiger partial charge in [-0.2, -0.15) is 5.10 Å². The highest BCUT2D eigenvalue weighted by atomic mass is 16.5. The summed E-state index contributed by atoms with van der Waals surface area (Å²) in [6, 6.07) is 7.09. The van der Waals surface area contributed by atoms with Gasteiger partial charge in [-0.3, -0.25) is 9.59 Å². The summed E-state index contributed by atoms with van der Waals surface area (Å²) in [5.41, 5.74) is 0.110. The van der Waals surface area contributed by atoms with Crippen molar-refractivity contribution in [3.05, 3.63) is 40.3 Å². The second-order valence-corrected chi connectivity index (χ2v) is 6.49. The molecule has 1 amide bonds. The number of carbonyl (C=O) groups excluding carboxylic acids is 1. The number of carbonyl (C=O) groups is 1. The Labute approximate surface area is 153 Å². The summed E-state index contributed by atoms with van der Waals surface area (Å²) in [4.78, 5) is 25.2. The lowest BCUT2D eigenvalue weighted by Crippen LogP contribution is -2.32. The summed E-state index contributed by atoms with van der Waals surface area (Å²) in [5, 5.41) is 8.26. The molecule has 0 aliphatic carbocycles. The molecule has 2 aromatic rings. The molecular formula is C19H27N3O4. The number of nitrogens with zero attached hydrogens (tertiary/aromatic N) is 2. The molecule has 0 unspecified atom stereocenters. The van der Waals surface area contributed by atoms with Gasteiger partial charge in [-0.05, 0) is 18.4 Å². The number of hydrogen-bond donors (Lipinski definition) is 1. The number of aromatic nitrogens is 2. The van der Waals surface area contributed by atoms with Crippen LogP contribution in [-0.4, -0.2) is 49.2 Å². The van der Waals surface area contributed by atoms with Gasteiger partial charge in [0.1, 0.15) is 0 Å². The van der Waals surface area contributed by atoms with E-state index in [0.717, 1.165) is 0 Å². The largest absolute Gasteiger partial charge is 0.382 e. The number of fused-ring (bicyclic) bond motifs is 1. The van der Waals surface area contributed by atoms with Gasteiger partial charge in [-0.1, -0.05) is 32.0 Å². The lowest BCUT2D eigenvalue weighted by molar-refractivity contribution is 0.0688. The molecule has 2 rings (SSSR count). The number of amides is 1. The van der Waals surface area contributed by atoms with Crippen LogP contribution >= 0.6 is 0 Å². The van der Waals surface area contributed by atoms with E-state index in [4.69, 9.17) is 9.47 Å². The van der Waals surface area contributed by atoms with Gasteiger partial charge in [0.15, 0.2) is 5.69 Å². The highest BCUT2D eigenvalue weighted by Gasteiger charge is 2.16. The topological polar surface area (TPSA) is 82.4 Å². The molecule has 0 spiro atoms. The Balaban J connectivity index is 2.11. The molecule has 0 saturated heterocycles. The highest BCUT2D eigenvalue weighted by Crippen LogP contribution is 2.13. The lowest BCUT2D eigenvalue weighted by atomic mass is 10.1. The van der Waals surface area contributed by atoms with Gasteiger partial charge in [0, 0.05) is 32.2 Å². The standard InChI is InChI=1S/C19H27N3O4/c1-14(2)13-22-19(24)16-8-5-4-7-15(16)17(21-22)18(23)20-9-6-10-26-12-11-25-3/h4-5,7-8,14H,6,9-13H2,1-3H3,(H,20,23). The van der Waals surface area contributed by atoms with Crippen LogP contribution in [0.4, 0.5) is 0 Å². The van der Waals surface area contributed by atoms with Crippen molar-refractivity contribution in [2.75, 3.05) is 33.5 Å². The predicted octanol–water partition coefficient (Wildman–Crippen LogP) is 1.84. The second kappa shape index (κ2) is 10.0. The number of methoxy groups -OCH3 is 1. The first-order valence-electron chi connectivity index (χ1n) is 8.89. The Morgan fingerprint density at radius 3 is 2.62 bits per heavy atom. The number of hydrogen-bond acceptors (Lipinski definition) is 5. The number of nitrogens with one attached hydrogen (secondary N) is 1. The van der Waals surface area contributed by atoms with E-state index in [2.05, 4.69) is 10.4 Å². The van der Waals surface area contributed by atoms with Crippen LogP contribution in [0.3, 0.4) is 0 Å². The minimum Gasteiger partial charge on any atom is -0.382 e. The summed E-state index contributed by atoms with van der Waals surface area (Å²) < 4.78 is 11.7. The van der Waals surface area contributed by atoms with E-state index in [9.17, 15) is 9.59 Å². The molecule has 1 N–H and O–H groups in total. The Kier molecular flexibility index (Phi) is 7.74. The van der Waals surface area contributed by atoms with Gasteiger partial charge >= 0.3 is 0 Å². The molecule has 7 nitrogen and oxygen atoms in total. The fourth-order valence-electron chi connectivity index (χ4n) is 2.58. The lowest BCUT2D eigenvalue weighted by Gasteiger charge is -2.12. The van der Waals surface area contributed by atoms with Crippen molar-refractivity contribution in [3.8, 4) is 0 Å². The first-order chi connectivity index (χ1) is 12.5. The zero-order valence-corrected chi connectivity index (χ0v) is 15.7. The normalized spacial score (nSPS) is 11.2. The van der Waals surface area contributed by atoms with E-state index >= 15 is 0 Å². The maximum absolute atomic E-state index is 12.6. The molecule has 1 aromatic heterocycles. The Morgan fingerprint density at radius 1 is 1.19 bits per heavy atom. The molecule has 0 atom stereocenters. The number of ether oxygens (including phenoxy) is 2. The maximum atomic E-state index is 12.6. The van der Waals surface area contributed by atoms with Crippen molar-refractivity contribution in [1.82, 2.24) is 15.1 Å². The summed E-state index contributed by atoms with van der Waals surface area (Å²) in [7, 11) is 1.62. The van der Waals surface area contributed by atoms with Crippen LogP contribution < -0.4 is 10.9 Å². The van der Waals surface area contributed by atoms with Crippen molar-refractivity contribution >= 4 is 16.7 Å². The van der Waals surface area contributed by atoms with E-state index in [1.165, 1.54) is 4.68 Å². The van der Waals surface area contributed by atoms with Crippen LogP contribution in [-0.2, 0) is 16.0 Å². The van der Waals surface area contributed by atoms with Gasteiger partial charge in [0.2, 0.25) is 0 Å². The van der Waals surface area contributed by atoms with Crippen LogP contribution in [0.1, 0.15) is 30.8 Å². The molecule has 0 aliphatic rings. The SMILES string of the molecule is COCCOCCCNC(=O)c1nn(CC(C)C)c(=O)c2ccccc12. The number of rotatable bonds is 10. The molecular weight excluding hydrogens is 334 g/mol. The van der Waals surface area contributed by atoms with E-state index in [1.807, 2.05) is 13.8 Å². The monoisotopic (exact) mass is 361 g/mol. The van der Waals surface area contributed by atoms with Gasteiger partial charge < -0.3 is 14.8 Å². The molecule has 1 aromatic carbocycles. The van der Waals surface area contributed by atoms with Crippen molar-refractivity contribution in [2.45, 2.75) is 26.8 Å². The predicted molar refractivity (Wildman–Crippen MR) is 100 cm³/mol. The third-order valence-corrected chi connectivity index (χ3v) is 3.80. The Bertz CT molecular complexity index is 786. The molecule has 0 saturated carbocycles. The van der Waals surface area contributed by atoms with Crippen molar-refractivity contribution in [3.63, 3.8) is 0 Å². The fraction of sp³-hybridized carbons (Fsp3) is 0.526. The van der Waals surface area contributed by atoms with E-state index < -0.39 is 0 Å². The van der Waals surface area contributed by atoms with Gasteiger partial charge in [-0.15, -0.1) is 0 Å². The highest BCUT2D eigenvalue weighted by molar-refractivity contribution is 6.04. The third-order valence-electron chi connectivity index (χ3n) is 3.80. The maximum Gasteiger partial charge on any atom is 0.274 e. The molecule has 0 aliphatic heterocycles. The van der Waals surface area contributed by atoms with Crippen LogP contribution in [0.2, 0.25) is 0 Å². The zero-order chi connectivity index (χ0) is 18.9. The van der Waals surface area contributed by atoms with Crippen LogP contribution in [0.15, 0.2) is 29.1 Å². The number of benzene rings is 1. The van der Waals surface area contributed by atoms with Crippen LogP contribution in [0, 0.1) is 5.92 Å². The summed E-state index contributed by atoms with van der Waals surface area (Å²) in [5.74, 6) is -0.0304. The average molecular weight is 361 g/mol. The molecule has 0 fully saturated rings. The van der Waals surface area contributed by atoms with Crippen LogP contribution in [0.25, 0.3) is 10.8 Å². The summed E-state index contributed by atoms with van der Waals surface area (Å²) in [6.45, 7) is 6.60. The minimum absolute atomic E-state index is 0.169. The summed E-state index contributed by atoms with van der Waals surface area (Å²) >= 11 is 0.